The molecule has 110 valence electrons. The fraction of sp³-hybridized carbons (Fsp3) is 0.867. The summed E-state index contributed by atoms with van der Waals surface area (Å²) in [6.45, 7) is 11.2. The number of aliphatic carboxylic acids is 1. The van der Waals surface area contributed by atoms with Gasteiger partial charge in [-0.05, 0) is 29.6 Å². The quantitative estimate of drug-likeness (QED) is 0.746. The lowest BCUT2D eigenvalue weighted by molar-refractivity contribution is -0.137. The third-order valence-corrected chi connectivity index (χ3v) is 5.07. The number of hydrogen-bond acceptors (Lipinski definition) is 2. The van der Waals surface area contributed by atoms with E-state index in [2.05, 4.69) is 33.0 Å². The van der Waals surface area contributed by atoms with Crippen LogP contribution in [0.3, 0.4) is 0 Å². The lowest BCUT2D eigenvalue weighted by Crippen LogP contribution is -2.29. The summed E-state index contributed by atoms with van der Waals surface area (Å²) in [5, 5.41) is 11.6. The monoisotopic (exact) mass is 269 g/mol. The molecule has 0 aromatic heterocycles. The number of carboxylic acids is 1. The van der Waals surface area contributed by atoms with Crippen LogP contribution in [0, 0.1) is 22.7 Å². The zero-order chi connectivity index (χ0) is 14.8. The molecule has 1 unspecified atom stereocenters. The van der Waals surface area contributed by atoms with Gasteiger partial charge >= 0.3 is 5.97 Å². The van der Waals surface area contributed by atoms with Crippen LogP contribution < -0.4 is 5.32 Å². The highest BCUT2D eigenvalue weighted by Crippen LogP contribution is 2.68. The maximum absolute atomic E-state index is 12.1. The van der Waals surface area contributed by atoms with Gasteiger partial charge in [-0.2, -0.15) is 0 Å². The Labute approximate surface area is 116 Å². The largest absolute Gasteiger partial charge is 0.481 e. The van der Waals surface area contributed by atoms with E-state index in [0.717, 1.165) is 6.42 Å². The van der Waals surface area contributed by atoms with Gasteiger partial charge in [-0.3, -0.25) is 9.59 Å². The molecular weight excluding hydrogens is 242 g/mol. The van der Waals surface area contributed by atoms with Crippen molar-refractivity contribution in [1.29, 1.82) is 0 Å². The molecule has 4 nitrogen and oxygen atoms in total. The van der Waals surface area contributed by atoms with Crippen molar-refractivity contribution in [3.63, 3.8) is 0 Å². The Morgan fingerprint density at radius 2 is 1.68 bits per heavy atom. The van der Waals surface area contributed by atoms with E-state index in [9.17, 15) is 9.59 Å². The summed E-state index contributed by atoms with van der Waals surface area (Å²) in [4.78, 5) is 22.5. The second-order valence-corrected chi connectivity index (χ2v) is 6.99. The fourth-order valence-electron chi connectivity index (χ4n) is 2.91. The summed E-state index contributed by atoms with van der Waals surface area (Å²) in [6, 6.07) is 0. The average Bonchev–Trinajstić information content (AvgIpc) is 2.66. The molecule has 2 N–H and O–H groups in total. The van der Waals surface area contributed by atoms with Crippen molar-refractivity contribution < 1.29 is 14.7 Å². The van der Waals surface area contributed by atoms with Crippen molar-refractivity contribution >= 4 is 11.9 Å². The molecule has 0 spiro atoms. The van der Waals surface area contributed by atoms with Gasteiger partial charge in [-0.25, -0.2) is 0 Å². The Bertz CT molecular complexity index is 346. The Balaban J connectivity index is 2.24. The summed E-state index contributed by atoms with van der Waals surface area (Å²) >= 11 is 0. The van der Waals surface area contributed by atoms with Crippen molar-refractivity contribution in [2.24, 2.45) is 22.7 Å². The zero-order valence-corrected chi connectivity index (χ0v) is 12.7. The summed E-state index contributed by atoms with van der Waals surface area (Å²) in [5.74, 6) is -0.191. The molecule has 19 heavy (non-hydrogen) atoms. The summed E-state index contributed by atoms with van der Waals surface area (Å²) in [7, 11) is 0. The van der Waals surface area contributed by atoms with Crippen LogP contribution in [0.4, 0.5) is 0 Å². The molecule has 0 aliphatic heterocycles. The first-order valence-corrected chi connectivity index (χ1v) is 7.10. The van der Waals surface area contributed by atoms with Gasteiger partial charge in [-0.15, -0.1) is 0 Å². The van der Waals surface area contributed by atoms with Gasteiger partial charge in [0.15, 0.2) is 0 Å². The first-order valence-electron chi connectivity index (χ1n) is 7.10. The van der Waals surface area contributed by atoms with Crippen LogP contribution in [-0.2, 0) is 9.59 Å². The maximum Gasteiger partial charge on any atom is 0.303 e. The van der Waals surface area contributed by atoms with E-state index in [4.69, 9.17) is 5.11 Å². The van der Waals surface area contributed by atoms with Crippen LogP contribution in [-0.4, -0.2) is 23.5 Å². The van der Waals surface area contributed by atoms with E-state index in [1.165, 1.54) is 0 Å². The fourth-order valence-corrected chi connectivity index (χ4v) is 2.91. The number of hydrogen-bond donors (Lipinski definition) is 2. The number of nitrogens with one attached hydrogen (secondary N) is 1. The predicted octanol–water partition coefficient (Wildman–Crippen LogP) is 2.68. The number of amides is 1. The molecule has 0 bridgehead atoms. The minimum Gasteiger partial charge on any atom is -0.481 e. The molecular formula is C15H27NO3. The smallest absolute Gasteiger partial charge is 0.303 e. The molecule has 4 heteroatoms. The van der Waals surface area contributed by atoms with Crippen LogP contribution in [0.15, 0.2) is 0 Å². The van der Waals surface area contributed by atoms with Gasteiger partial charge in [0.25, 0.3) is 0 Å². The average molecular weight is 269 g/mol. The Hall–Kier alpha value is -1.06. The predicted molar refractivity (Wildman–Crippen MR) is 74.7 cm³/mol. The van der Waals surface area contributed by atoms with Gasteiger partial charge in [0, 0.05) is 18.9 Å². The molecule has 1 aliphatic rings. The van der Waals surface area contributed by atoms with Crippen LogP contribution in [0.1, 0.15) is 53.9 Å². The van der Waals surface area contributed by atoms with Gasteiger partial charge in [0.2, 0.25) is 5.91 Å². The SMILES string of the molecule is CC(CCNC(=O)C1C(C)(C)C1(C)C)CCC(=O)O. The maximum atomic E-state index is 12.1. The molecule has 0 aromatic rings. The van der Waals surface area contributed by atoms with Crippen LogP contribution in [0.2, 0.25) is 0 Å². The van der Waals surface area contributed by atoms with Crippen molar-refractivity contribution in [3.8, 4) is 0 Å². The van der Waals surface area contributed by atoms with Gasteiger partial charge in [0.1, 0.15) is 0 Å². The Morgan fingerprint density at radius 1 is 1.16 bits per heavy atom. The molecule has 0 heterocycles. The minimum absolute atomic E-state index is 0.0754. The van der Waals surface area contributed by atoms with Crippen molar-refractivity contribution in [1.82, 2.24) is 5.32 Å². The molecule has 0 saturated heterocycles. The zero-order valence-electron chi connectivity index (χ0n) is 12.7. The van der Waals surface area contributed by atoms with Crippen LogP contribution in [0.5, 0.6) is 0 Å². The topological polar surface area (TPSA) is 66.4 Å². The summed E-state index contributed by atoms with van der Waals surface area (Å²) in [5.41, 5.74) is 0.151. The highest BCUT2D eigenvalue weighted by atomic mass is 16.4. The molecule has 1 rings (SSSR count). The van der Waals surface area contributed by atoms with Crippen LogP contribution in [0.25, 0.3) is 0 Å². The van der Waals surface area contributed by atoms with Gasteiger partial charge in [-0.1, -0.05) is 34.6 Å². The highest BCUT2D eigenvalue weighted by Gasteiger charge is 2.68. The van der Waals surface area contributed by atoms with E-state index >= 15 is 0 Å². The third-order valence-electron chi connectivity index (χ3n) is 5.07. The number of carboxylic acid groups (broad SMARTS) is 1. The number of carbonyl (C=O) groups excluding carboxylic acids is 1. The Morgan fingerprint density at radius 3 is 2.11 bits per heavy atom. The second kappa shape index (κ2) is 5.51. The van der Waals surface area contributed by atoms with Crippen molar-refractivity contribution in [2.75, 3.05) is 6.54 Å². The Kier molecular flexibility index (Phi) is 4.64. The summed E-state index contributed by atoms with van der Waals surface area (Å²) in [6.07, 6.45) is 1.72. The lowest BCUT2D eigenvalue weighted by atomic mass is 10.0. The minimum atomic E-state index is -0.752. The van der Waals surface area contributed by atoms with E-state index < -0.39 is 5.97 Å². The standard InChI is InChI=1S/C15H27NO3/c1-10(6-7-11(17)18)8-9-16-13(19)12-14(2,3)15(12,4)5/h10,12H,6-9H2,1-5H3,(H,16,19)(H,17,18). The van der Waals surface area contributed by atoms with E-state index in [-0.39, 0.29) is 29.1 Å². The van der Waals surface area contributed by atoms with E-state index in [0.29, 0.717) is 18.9 Å². The normalized spacial score (nSPS) is 21.7. The van der Waals surface area contributed by atoms with Gasteiger partial charge < -0.3 is 10.4 Å². The van der Waals surface area contributed by atoms with Crippen LogP contribution >= 0.6 is 0 Å². The molecule has 1 aliphatic carbocycles. The molecule has 1 saturated carbocycles. The first-order chi connectivity index (χ1) is 8.60. The highest BCUT2D eigenvalue weighted by molar-refractivity contribution is 5.84. The molecule has 1 fully saturated rings. The van der Waals surface area contributed by atoms with Gasteiger partial charge in [0.05, 0.1) is 0 Å². The summed E-state index contributed by atoms with van der Waals surface area (Å²) < 4.78 is 0. The molecule has 1 amide bonds. The van der Waals surface area contributed by atoms with E-state index in [1.807, 2.05) is 6.92 Å². The van der Waals surface area contributed by atoms with Crippen molar-refractivity contribution in [3.05, 3.63) is 0 Å². The second-order valence-electron chi connectivity index (χ2n) is 6.99. The van der Waals surface area contributed by atoms with Crippen molar-refractivity contribution in [2.45, 2.75) is 53.9 Å². The van der Waals surface area contributed by atoms with E-state index in [1.54, 1.807) is 0 Å². The molecule has 0 aromatic carbocycles. The number of rotatable bonds is 7. The number of carbonyl (C=O) groups is 2. The molecule has 1 atom stereocenters. The molecule has 0 radical (unpaired) electrons. The lowest BCUT2D eigenvalue weighted by Gasteiger charge is -2.11. The third kappa shape index (κ3) is 3.48. The first kappa shape index (κ1) is 16.0.